The van der Waals surface area contributed by atoms with E-state index in [1.807, 2.05) is 6.07 Å². The Balaban J connectivity index is 0.00000264. The summed E-state index contributed by atoms with van der Waals surface area (Å²) in [5.74, 6) is 1.56. The highest BCUT2D eigenvalue weighted by atomic mass is 79.9. The van der Waals surface area contributed by atoms with Crippen LogP contribution < -0.4 is 14.8 Å². The first-order valence-electron chi connectivity index (χ1n) is 8.05. The largest absolute Gasteiger partial charge is 0.493 e. The maximum atomic E-state index is 9.25. The highest BCUT2D eigenvalue weighted by molar-refractivity contribution is 9.10. The zero-order chi connectivity index (χ0) is 15.9. The van der Waals surface area contributed by atoms with E-state index in [2.05, 4.69) is 34.2 Å². The monoisotopic (exact) mass is 407 g/mol. The van der Waals surface area contributed by atoms with Crippen molar-refractivity contribution in [3.05, 3.63) is 22.2 Å². The topological polar surface area (TPSA) is 50.7 Å². The van der Waals surface area contributed by atoms with Crippen LogP contribution in [0.15, 0.2) is 16.6 Å². The molecule has 0 bridgehead atoms. The summed E-state index contributed by atoms with van der Waals surface area (Å²) in [5.41, 5.74) is 1.11. The molecule has 132 valence electrons. The van der Waals surface area contributed by atoms with Crippen LogP contribution in [0.2, 0.25) is 0 Å². The third kappa shape index (κ3) is 5.82. The second kappa shape index (κ2) is 10.4. The van der Waals surface area contributed by atoms with Crippen molar-refractivity contribution in [3.8, 4) is 11.5 Å². The molecule has 2 rings (SSSR count). The van der Waals surface area contributed by atoms with Crippen LogP contribution in [0.3, 0.4) is 0 Å². The summed E-state index contributed by atoms with van der Waals surface area (Å²) in [7, 11) is 1.67. The highest BCUT2D eigenvalue weighted by Crippen LogP contribution is 2.39. The highest BCUT2D eigenvalue weighted by Gasteiger charge is 2.20. The van der Waals surface area contributed by atoms with Crippen LogP contribution >= 0.6 is 28.3 Å². The number of hydrogen-bond donors (Lipinski definition) is 2. The van der Waals surface area contributed by atoms with E-state index >= 15 is 0 Å². The van der Waals surface area contributed by atoms with Gasteiger partial charge in [-0.25, -0.2) is 0 Å². The van der Waals surface area contributed by atoms with Crippen LogP contribution in [0.1, 0.15) is 44.6 Å². The fourth-order valence-electron chi connectivity index (χ4n) is 2.76. The smallest absolute Gasteiger partial charge is 0.175 e. The Morgan fingerprint density at radius 2 is 2.04 bits per heavy atom. The maximum absolute atomic E-state index is 9.25. The van der Waals surface area contributed by atoms with Crippen LogP contribution in [0, 0.1) is 0 Å². The van der Waals surface area contributed by atoms with Crippen LogP contribution in [0.5, 0.6) is 11.5 Å². The molecule has 0 radical (unpaired) electrons. The Bertz CT molecular complexity index is 477. The number of aliphatic hydroxyl groups excluding tert-OH is 1. The zero-order valence-corrected chi connectivity index (χ0v) is 16.2. The lowest BCUT2D eigenvalue weighted by molar-refractivity contribution is 0.199. The summed E-state index contributed by atoms with van der Waals surface area (Å²) < 4.78 is 12.5. The molecule has 1 saturated carbocycles. The summed E-state index contributed by atoms with van der Waals surface area (Å²) in [5, 5.41) is 12.6. The van der Waals surface area contributed by atoms with Gasteiger partial charge in [0.05, 0.1) is 24.3 Å². The molecule has 0 aromatic heterocycles. The second-order valence-electron chi connectivity index (χ2n) is 5.80. The first-order chi connectivity index (χ1) is 10.7. The lowest BCUT2D eigenvalue weighted by Gasteiger charge is -2.19. The van der Waals surface area contributed by atoms with Crippen molar-refractivity contribution in [2.45, 2.75) is 57.7 Å². The number of halogens is 2. The fourth-order valence-corrected chi connectivity index (χ4v) is 3.35. The number of hydrogen-bond acceptors (Lipinski definition) is 4. The predicted octanol–water partition coefficient (Wildman–Crippen LogP) is 4.06. The van der Waals surface area contributed by atoms with Gasteiger partial charge in [0.25, 0.3) is 0 Å². The zero-order valence-electron chi connectivity index (χ0n) is 13.8. The van der Waals surface area contributed by atoms with E-state index in [0.717, 1.165) is 40.8 Å². The van der Waals surface area contributed by atoms with Gasteiger partial charge in [-0.15, -0.1) is 12.4 Å². The van der Waals surface area contributed by atoms with Crippen LogP contribution in [-0.4, -0.2) is 31.0 Å². The van der Waals surface area contributed by atoms with Crippen molar-refractivity contribution in [1.82, 2.24) is 5.32 Å². The minimum Gasteiger partial charge on any atom is -0.493 e. The first kappa shape index (κ1) is 20.6. The quantitative estimate of drug-likeness (QED) is 0.681. The standard InChI is InChI=1S/C17H26BrNO3.ClH/c1-3-13(11-20)19-10-12-8-15(18)17(16(9-12)21-2)22-14-6-4-5-7-14;/h8-9,13-14,19-20H,3-7,10-11H2,1-2H3;1H. The predicted molar refractivity (Wildman–Crippen MR) is 98.8 cm³/mol. The minimum atomic E-state index is 0. The number of aliphatic hydroxyl groups is 1. The van der Waals surface area contributed by atoms with Crippen molar-refractivity contribution >= 4 is 28.3 Å². The summed E-state index contributed by atoms with van der Waals surface area (Å²) in [6.45, 7) is 2.90. The number of benzene rings is 1. The van der Waals surface area contributed by atoms with Crippen molar-refractivity contribution in [2.75, 3.05) is 13.7 Å². The molecular weight excluding hydrogens is 382 g/mol. The van der Waals surface area contributed by atoms with E-state index in [1.165, 1.54) is 12.8 Å². The SMILES string of the molecule is CCC(CO)NCc1cc(Br)c(OC2CCCC2)c(OC)c1.Cl. The number of methoxy groups -OCH3 is 1. The molecule has 0 saturated heterocycles. The molecule has 0 heterocycles. The van der Waals surface area contributed by atoms with Gasteiger partial charge < -0.3 is 19.9 Å². The van der Waals surface area contributed by atoms with Crippen LogP contribution in [-0.2, 0) is 6.54 Å². The molecule has 1 atom stereocenters. The summed E-state index contributed by atoms with van der Waals surface area (Å²) >= 11 is 3.61. The first-order valence-corrected chi connectivity index (χ1v) is 8.84. The second-order valence-corrected chi connectivity index (χ2v) is 6.66. The fraction of sp³-hybridized carbons (Fsp3) is 0.647. The number of rotatable bonds is 8. The van der Waals surface area contributed by atoms with Gasteiger partial charge in [0.1, 0.15) is 0 Å². The van der Waals surface area contributed by atoms with Gasteiger partial charge in [-0.3, -0.25) is 0 Å². The molecule has 1 aliphatic carbocycles. The Kier molecular flexibility index (Phi) is 9.29. The van der Waals surface area contributed by atoms with Crippen molar-refractivity contribution in [2.24, 2.45) is 0 Å². The molecule has 23 heavy (non-hydrogen) atoms. The minimum absolute atomic E-state index is 0. The van der Waals surface area contributed by atoms with E-state index in [9.17, 15) is 5.11 Å². The molecule has 0 spiro atoms. The van der Waals surface area contributed by atoms with E-state index in [4.69, 9.17) is 9.47 Å². The Hall–Kier alpha value is -0.490. The number of nitrogens with one attached hydrogen (secondary N) is 1. The molecule has 1 aromatic carbocycles. The van der Waals surface area contributed by atoms with Gasteiger partial charge in [0.15, 0.2) is 11.5 Å². The third-order valence-electron chi connectivity index (χ3n) is 4.18. The van der Waals surface area contributed by atoms with Crippen LogP contribution in [0.4, 0.5) is 0 Å². The summed E-state index contributed by atoms with van der Waals surface area (Å²) in [4.78, 5) is 0. The molecule has 1 aliphatic rings. The molecule has 0 aliphatic heterocycles. The average Bonchev–Trinajstić information content (AvgIpc) is 3.03. The summed E-state index contributed by atoms with van der Waals surface area (Å²) in [6.07, 6.45) is 5.92. The van der Waals surface area contributed by atoms with Gasteiger partial charge in [-0.1, -0.05) is 6.92 Å². The van der Waals surface area contributed by atoms with Crippen molar-refractivity contribution in [1.29, 1.82) is 0 Å². The average molecular weight is 409 g/mol. The Morgan fingerprint density at radius 1 is 1.35 bits per heavy atom. The molecule has 6 heteroatoms. The van der Waals surface area contributed by atoms with Gasteiger partial charge >= 0.3 is 0 Å². The van der Waals surface area contributed by atoms with Crippen LogP contribution in [0.25, 0.3) is 0 Å². The summed E-state index contributed by atoms with van der Waals surface area (Å²) in [6, 6.07) is 4.19. The molecule has 1 fully saturated rings. The maximum Gasteiger partial charge on any atom is 0.175 e. The van der Waals surface area contributed by atoms with E-state index in [-0.39, 0.29) is 25.1 Å². The Morgan fingerprint density at radius 3 is 2.61 bits per heavy atom. The van der Waals surface area contributed by atoms with Gasteiger partial charge in [0.2, 0.25) is 0 Å². The normalized spacial score (nSPS) is 16.0. The van der Waals surface area contributed by atoms with E-state index < -0.39 is 0 Å². The molecule has 1 unspecified atom stereocenters. The van der Waals surface area contributed by atoms with E-state index in [0.29, 0.717) is 12.6 Å². The number of ether oxygens (including phenoxy) is 2. The van der Waals surface area contributed by atoms with Crippen molar-refractivity contribution in [3.63, 3.8) is 0 Å². The van der Waals surface area contributed by atoms with Gasteiger partial charge in [0, 0.05) is 12.6 Å². The van der Waals surface area contributed by atoms with Gasteiger partial charge in [-0.2, -0.15) is 0 Å². The van der Waals surface area contributed by atoms with Gasteiger partial charge in [-0.05, 0) is 65.7 Å². The molecule has 0 amide bonds. The molecule has 1 aromatic rings. The van der Waals surface area contributed by atoms with E-state index in [1.54, 1.807) is 7.11 Å². The molecule has 4 nitrogen and oxygen atoms in total. The molecule has 2 N–H and O–H groups in total. The Labute approximate surface area is 153 Å². The third-order valence-corrected chi connectivity index (χ3v) is 4.77. The lowest BCUT2D eigenvalue weighted by atomic mass is 10.1. The lowest BCUT2D eigenvalue weighted by Crippen LogP contribution is -2.31. The van der Waals surface area contributed by atoms with Crippen molar-refractivity contribution < 1.29 is 14.6 Å². The molecular formula is C17H27BrClNO3.